The summed E-state index contributed by atoms with van der Waals surface area (Å²) in [7, 11) is 0. The van der Waals surface area contributed by atoms with E-state index in [1.165, 1.54) is 18.4 Å². The van der Waals surface area contributed by atoms with Crippen LogP contribution in [0.3, 0.4) is 0 Å². The monoisotopic (exact) mass is 262 g/mol. The molecule has 2 aliphatic carbocycles. The van der Waals surface area contributed by atoms with Crippen LogP contribution < -0.4 is 0 Å². The van der Waals surface area contributed by atoms with Crippen LogP contribution in [0.1, 0.15) is 19.8 Å². The molecule has 0 aromatic rings. The summed E-state index contributed by atoms with van der Waals surface area (Å²) in [5, 5.41) is 0. The maximum atomic E-state index is 2.50. The van der Waals surface area contributed by atoms with Crippen molar-refractivity contribution in [3.05, 3.63) is 42.5 Å². The van der Waals surface area contributed by atoms with Gasteiger partial charge in [-0.3, -0.25) is 0 Å². The number of rotatable bonds is 2. The van der Waals surface area contributed by atoms with Crippen LogP contribution in [-0.2, 0) is 20.3 Å². The minimum absolute atomic E-state index is 1.28. The van der Waals surface area contributed by atoms with Gasteiger partial charge in [-0.25, -0.2) is 0 Å². The third-order valence-corrected chi connectivity index (χ3v) is 15.3. The Balaban J connectivity index is 1.88. The molecule has 0 atom stereocenters. The Labute approximate surface area is 90.5 Å². The van der Waals surface area contributed by atoms with Gasteiger partial charge in [-0.2, -0.15) is 0 Å². The molecule has 1 aliphatic heterocycles. The summed E-state index contributed by atoms with van der Waals surface area (Å²) >= 11 is -1.80. The molecule has 14 heavy (non-hydrogen) atoms. The molecule has 3 aliphatic rings. The molecule has 0 bridgehead atoms. The zero-order valence-corrected chi connectivity index (χ0v) is 11.2. The van der Waals surface area contributed by atoms with Crippen LogP contribution in [0.5, 0.6) is 0 Å². The first-order chi connectivity index (χ1) is 6.81. The molecule has 0 spiro atoms. The SMILES string of the molecule is CC1=CC[C]([Zr]2([C]3=CC=CC3)[CH2][CH2]2)=C1. The molecule has 0 N–H and O–H groups in total. The first-order valence-corrected chi connectivity index (χ1v) is 11.5. The van der Waals surface area contributed by atoms with Crippen molar-refractivity contribution < 1.29 is 20.3 Å². The summed E-state index contributed by atoms with van der Waals surface area (Å²) in [5.74, 6) is 0. The summed E-state index contributed by atoms with van der Waals surface area (Å²) in [4.78, 5) is 0. The van der Waals surface area contributed by atoms with E-state index in [1.807, 2.05) is 6.56 Å². The summed E-state index contributed by atoms with van der Waals surface area (Å²) in [6, 6.07) is 0. The van der Waals surface area contributed by atoms with Crippen LogP contribution in [0.4, 0.5) is 0 Å². The van der Waals surface area contributed by atoms with Crippen LogP contribution in [-0.4, -0.2) is 0 Å². The van der Waals surface area contributed by atoms with Crippen molar-refractivity contribution in [2.45, 2.75) is 28.0 Å². The molecule has 0 unspecified atom stereocenters. The fourth-order valence-corrected chi connectivity index (χ4v) is 15.9. The Kier molecular flexibility index (Phi) is 2.06. The first-order valence-electron chi connectivity index (χ1n) is 5.55. The Bertz CT molecular complexity index is 389. The van der Waals surface area contributed by atoms with Crippen LogP contribution in [0.15, 0.2) is 42.5 Å². The molecule has 1 fully saturated rings. The zero-order chi connectivity index (χ0) is 9.60. The zero-order valence-electron chi connectivity index (χ0n) is 8.72. The third kappa shape index (κ3) is 1.29. The van der Waals surface area contributed by atoms with Crippen molar-refractivity contribution in [1.29, 1.82) is 0 Å². The molecular formula is C13H16Zr. The molecule has 0 aromatic heterocycles. The maximum absolute atomic E-state index is 2.50. The molecule has 72 valence electrons. The van der Waals surface area contributed by atoms with Crippen molar-refractivity contribution >= 4 is 0 Å². The molecule has 0 nitrogen and oxygen atoms in total. The van der Waals surface area contributed by atoms with E-state index in [2.05, 4.69) is 37.3 Å². The topological polar surface area (TPSA) is 0 Å². The van der Waals surface area contributed by atoms with Gasteiger partial charge >= 0.3 is 90.8 Å². The number of allylic oxidation sites excluding steroid dienone is 8. The van der Waals surface area contributed by atoms with E-state index in [0.717, 1.165) is 0 Å². The normalized spacial score (nSPS) is 27.4. The molecule has 1 heterocycles. The summed E-state index contributed by atoms with van der Waals surface area (Å²) < 4.78 is 6.94. The van der Waals surface area contributed by atoms with Gasteiger partial charge in [0.1, 0.15) is 0 Å². The predicted molar refractivity (Wildman–Crippen MR) is 57.9 cm³/mol. The Morgan fingerprint density at radius 1 is 1.14 bits per heavy atom. The van der Waals surface area contributed by atoms with E-state index in [0.29, 0.717) is 0 Å². The van der Waals surface area contributed by atoms with Crippen molar-refractivity contribution in [2.75, 3.05) is 0 Å². The van der Waals surface area contributed by atoms with Gasteiger partial charge in [-0.1, -0.05) is 0 Å². The van der Waals surface area contributed by atoms with Gasteiger partial charge in [0.05, 0.1) is 0 Å². The number of hydrogen-bond donors (Lipinski definition) is 0. The fraction of sp³-hybridized carbons (Fsp3) is 0.385. The van der Waals surface area contributed by atoms with Crippen molar-refractivity contribution in [3.8, 4) is 0 Å². The molecule has 0 saturated carbocycles. The molecule has 0 radical (unpaired) electrons. The minimum atomic E-state index is -1.80. The molecule has 1 heteroatoms. The van der Waals surface area contributed by atoms with Gasteiger partial charge in [0.2, 0.25) is 0 Å². The standard InChI is InChI=1S/C6H7.C5H5.C2H4.Zr/c1-6-4-2-3-5-6;1-2-4-5-3-1;1-2;/h4-5H,2H2,1H3;1-3H,4H2;1-2H2;. The van der Waals surface area contributed by atoms with Crippen LogP contribution >= 0.6 is 0 Å². The quantitative estimate of drug-likeness (QED) is 0.704. The fourth-order valence-electron chi connectivity index (χ4n) is 2.77. The summed E-state index contributed by atoms with van der Waals surface area (Å²) in [5.41, 5.74) is 1.51. The summed E-state index contributed by atoms with van der Waals surface area (Å²) in [6.45, 7) is 2.25. The van der Waals surface area contributed by atoms with E-state index >= 15 is 0 Å². The van der Waals surface area contributed by atoms with E-state index in [-0.39, 0.29) is 0 Å². The van der Waals surface area contributed by atoms with Crippen molar-refractivity contribution in [2.24, 2.45) is 0 Å². The number of hydrogen-bond acceptors (Lipinski definition) is 0. The van der Waals surface area contributed by atoms with Gasteiger partial charge in [0, 0.05) is 0 Å². The van der Waals surface area contributed by atoms with E-state index in [4.69, 9.17) is 0 Å². The third-order valence-electron chi connectivity index (χ3n) is 3.80. The van der Waals surface area contributed by atoms with Gasteiger partial charge < -0.3 is 0 Å². The second kappa shape index (κ2) is 3.17. The Morgan fingerprint density at radius 2 is 2.00 bits per heavy atom. The van der Waals surface area contributed by atoms with Crippen LogP contribution in [0.2, 0.25) is 8.26 Å². The van der Waals surface area contributed by atoms with Crippen molar-refractivity contribution in [1.82, 2.24) is 0 Å². The van der Waals surface area contributed by atoms with Gasteiger partial charge in [-0.05, 0) is 0 Å². The average molecular weight is 263 g/mol. The second-order valence-electron chi connectivity index (χ2n) is 4.73. The van der Waals surface area contributed by atoms with Crippen LogP contribution in [0.25, 0.3) is 0 Å². The average Bonchev–Trinajstić information content (AvgIpc) is 2.68. The molecule has 0 aromatic carbocycles. The van der Waals surface area contributed by atoms with E-state index < -0.39 is 20.3 Å². The van der Waals surface area contributed by atoms with Gasteiger partial charge in [0.15, 0.2) is 0 Å². The predicted octanol–water partition coefficient (Wildman–Crippen LogP) is 4.07. The molecule has 3 rings (SSSR count). The van der Waals surface area contributed by atoms with Crippen LogP contribution in [0, 0.1) is 0 Å². The van der Waals surface area contributed by atoms with Crippen molar-refractivity contribution in [3.63, 3.8) is 0 Å². The second-order valence-corrected chi connectivity index (χ2v) is 15.7. The summed E-state index contributed by atoms with van der Waals surface area (Å²) in [6.07, 6.45) is 14.5. The van der Waals surface area contributed by atoms with E-state index in [9.17, 15) is 0 Å². The molecule has 1 saturated heterocycles. The molecule has 0 amide bonds. The van der Waals surface area contributed by atoms with Gasteiger partial charge in [0.25, 0.3) is 0 Å². The first kappa shape index (κ1) is 9.10. The Hall–Kier alpha value is -0.157. The van der Waals surface area contributed by atoms with Gasteiger partial charge in [-0.15, -0.1) is 0 Å². The molecular weight excluding hydrogens is 247 g/mol. The van der Waals surface area contributed by atoms with E-state index in [1.54, 1.807) is 8.26 Å². The Morgan fingerprint density at radius 3 is 2.50 bits per heavy atom.